The van der Waals surface area contributed by atoms with Gasteiger partial charge in [0, 0.05) is 13.1 Å². The van der Waals surface area contributed by atoms with Gasteiger partial charge in [-0.2, -0.15) is 5.10 Å². The SMILES string of the molecule is Cc1nn(-c2ccc(F)cc2)c(Cl)c1C(=O)N1CCc2ccccc2C1. The number of hydrogen-bond acceptors (Lipinski definition) is 2. The number of carbonyl (C=O) groups is 1. The summed E-state index contributed by atoms with van der Waals surface area (Å²) in [6.45, 7) is 2.97. The van der Waals surface area contributed by atoms with Gasteiger partial charge in [0.1, 0.15) is 11.0 Å². The average Bonchev–Trinajstić information content (AvgIpc) is 2.95. The summed E-state index contributed by atoms with van der Waals surface area (Å²) >= 11 is 6.48. The Kier molecular flexibility index (Phi) is 4.24. The minimum absolute atomic E-state index is 0.129. The molecule has 1 aromatic heterocycles. The van der Waals surface area contributed by atoms with Crippen LogP contribution in [0.15, 0.2) is 48.5 Å². The number of aromatic nitrogens is 2. The number of hydrogen-bond donors (Lipinski definition) is 0. The van der Waals surface area contributed by atoms with Crippen LogP contribution in [0.25, 0.3) is 5.69 Å². The van der Waals surface area contributed by atoms with Crippen molar-refractivity contribution in [1.29, 1.82) is 0 Å². The quantitative estimate of drug-likeness (QED) is 0.680. The number of nitrogens with zero attached hydrogens (tertiary/aromatic N) is 3. The molecule has 4 nitrogen and oxygen atoms in total. The van der Waals surface area contributed by atoms with Gasteiger partial charge in [-0.05, 0) is 48.7 Å². The Morgan fingerprint density at radius 3 is 2.54 bits per heavy atom. The van der Waals surface area contributed by atoms with Crippen molar-refractivity contribution in [2.45, 2.75) is 19.9 Å². The lowest BCUT2D eigenvalue weighted by molar-refractivity contribution is 0.0734. The fraction of sp³-hybridized carbons (Fsp3) is 0.200. The topological polar surface area (TPSA) is 38.1 Å². The molecule has 1 amide bonds. The fourth-order valence-electron chi connectivity index (χ4n) is 3.32. The van der Waals surface area contributed by atoms with Crippen molar-refractivity contribution >= 4 is 17.5 Å². The number of aryl methyl sites for hydroxylation is 1. The summed E-state index contributed by atoms with van der Waals surface area (Å²) in [7, 11) is 0. The summed E-state index contributed by atoms with van der Waals surface area (Å²) < 4.78 is 14.6. The molecular weight excluding hydrogens is 353 g/mol. The number of halogens is 2. The molecule has 0 saturated carbocycles. The van der Waals surface area contributed by atoms with Crippen LogP contribution in [0.5, 0.6) is 0 Å². The highest BCUT2D eigenvalue weighted by Crippen LogP contribution is 2.27. The van der Waals surface area contributed by atoms with E-state index in [1.54, 1.807) is 24.0 Å². The van der Waals surface area contributed by atoms with Crippen LogP contribution in [-0.4, -0.2) is 27.1 Å². The molecule has 3 aromatic rings. The number of amides is 1. The maximum Gasteiger partial charge on any atom is 0.259 e. The second-order valence-corrected chi connectivity index (χ2v) is 6.74. The summed E-state index contributed by atoms with van der Waals surface area (Å²) in [6.07, 6.45) is 0.824. The van der Waals surface area contributed by atoms with Gasteiger partial charge < -0.3 is 4.90 Å². The predicted octanol–water partition coefficient (Wildman–Crippen LogP) is 4.17. The molecule has 0 unspecified atom stereocenters. The van der Waals surface area contributed by atoms with Crippen molar-refractivity contribution in [2.75, 3.05) is 6.54 Å². The molecular formula is C20H17ClFN3O. The van der Waals surface area contributed by atoms with Crippen molar-refractivity contribution < 1.29 is 9.18 Å². The van der Waals surface area contributed by atoms with Crippen LogP contribution < -0.4 is 0 Å². The van der Waals surface area contributed by atoms with Crippen molar-refractivity contribution in [1.82, 2.24) is 14.7 Å². The van der Waals surface area contributed by atoms with Crippen LogP contribution in [0.1, 0.15) is 27.2 Å². The van der Waals surface area contributed by atoms with E-state index in [1.165, 1.54) is 22.4 Å². The van der Waals surface area contributed by atoms with E-state index in [0.717, 1.165) is 12.0 Å². The van der Waals surface area contributed by atoms with Gasteiger partial charge in [-0.3, -0.25) is 4.79 Å². The number of benzene rings is 2. The van der Waals surface area contributed by atoms with Crippen LogP contribution in [-0.2, 0) is 13.0 Å². The van der Waals surface area contributed by atoms with Crippen LogP contribution in [0.2, 0.25) is 5.15 Å². The molecule has 0 fully saturated rings. The van der Waals surface area contributed by atoms with E-state index in [9.17, 15) is 9.18 Å². The first-order chi connectivity index (χ1) is 12.5. The van der Waals surface area contributed by atoms with Crippen molar-refractivity contribution in [3.8, 4) is 5.69 Å². The van der Waals surface area contributed by atoms with Gasteiger partial charge in [0.25, 0.3) is 5.91 Å². The second kappa shape index (κ2) is 6.57. The first-order valence-electron chi connectivity index (χ1n) is 8.41. The number of rotatable bonds is 2. The van der Waals surface area contributed by atoms with Crippen molar-refractivity contribution in [3.63, 3.8) is 0 Å². The van der Waals surface area contributed by atoms with Gasteiger partial charge in [0.05, 0.1) is 16.9 Å². The Morgan fingerprint density at radius 2 is 1.81 bits per heavy atom. The Balaban J connectivity index is 1.66. The molecule has 2 heterocycles. The van der Waals surface area contributed by atoms with Crippen LogP contribution in [0.4, 0.5) is 4.39 Å². The van der Waals surface area contributed by atoms with E-state index in [1.807, 2.05) is 18.2 Å². The van der Waals surface area contributed by atoms with E-state index < -0.39 is 0 Å². The molecule has 0 atom stereocenters. The lowest BCUT2D eigenvalue weighted by Gasteiger charge is -2.28. The normalized spacial score (nSPS) is 13.6. The fourth-order valence-corrected chi connectivity index (χ4v) is 3.68. The highest BCUT2D eigenvalue weighted by molar-refractivity contribution is 6.33. The Labute approximate surface area is 155 Å². The molecule has 1 aliphatic heterocycles. The maximum atomic E-state index is 13.2. The van der Waals surface area contributed by atoms with Crippen molar-refractivity contribution in [2.24, 2.45) is 0 Å². The highest BCUT2D eigenvalue weighted by atomic mass is 35.5. The summed E-state index contributed by atoms with van der Waals surface area (Å²) in [5, 5.41) is 4.63. The Hall–Kier alpha value is -2.66. The Bertz CT molecular complexity index is 981. The minimum atomic E-state index is -0.336. The van der Waals surface area contributed by atoms with E-state index >= 15 is 0 Å². The third kappa shape index (κ3) is 2.88. The first kappa shape index (κ1) is 16.8. The smallest absolute Gasteiger partial charge is 0.259 e. The molecule has 0 radical (unpaired) electrons. The molecule has 26 heavy (non-hydrogen) atoms. The van der Waals surface area contributed by atoms with E-state index in [0.29, 0.717) is 30.0 Å². The van der Waals surface area contributed by atoms with Gasteiger partial charge in [-0.15, -0.1) is 0 Å². The molecule has 6 heteroatoms. The summed E-state index contributed by atoms with van der Waals surface area (Å²) in [5.41, 5.74) is 4.01. The lowest BCUT2D eigenvalue weighted by atomic mass is 9.99. The zero-order chi connectivity index (χ0) is 18.3. The minimum Gasteiger partial charge on any atom is -0.334 e. The van der Waals surface area contributed by atoms with Crippen LogP contribution >= 0.6 is 11.6 Å². The summed E-state index contributed by atoms with van der Waals surface area (Å²) in [4.78, 5) is 14.9. The van der Waals surface area contributed by atoms with Gasteiger partial charge in [0.15, 0.2) is 0 Å². The molecule has 0 bridgehead atoms. The first-order valence-corrected chi connectivity index (χ1v) is 8.79. The monoisotopic (exact) mass is 369 g/mol. The molecule has 0 saturated heterocycles. The highest BCUT2D eigenvalue weighted by Gasteiger charge is 2.27. The standard InChI is InChI=1S/C20H17ClFN3O/c1-13-18(19(21)25(23-13)17-8-6-16(22)7-9-17)20(26)24-11-10-14-4-2-3-5-15(14)12-24/h2-9H,10-12H2,1H3. The average molecular weight is 370 g/mol. The van der Waals surface area contributed by atoms with Gasteiger partial charge in [-0.1, -0.05) is 35.9 Å². The summed E-state index contributed by atoms with van der Waals surface area (Å²) in [6, 6.07) is 14.0. The van der Waals surface area contributed by atoms with Gasteiger partial charge in [0.2, 0.25) is 0 Å². The van der Waals surface area contributed by atoms with Gasteiger partial charge >= 0.3 is 0 Å². The lowest BCUT2D eigenvalue weighted by Crippen LogP contribution is -2.36. The molecule has 0 N–H and O–H groups in total. The van der Waals surface area contributed by atoms with Crippen LogP contribution in [0.3, 0.4) is 0 Å². The maximum absolute atomic E-state index is 13.2. The molecule has 0 aliphatic carbocycles. The van der Waals surface area contributed by atoms with Gasteiger partial charge in [-0.25, -0.2) is 9.07 Å². The number of fused-ring (bicyclic) bond motifs is 1. The molecule has 2 aromatic carbocycles. The molecule has 132 valence electrons. The van der Waals surface area contributed by atoms with E-state index in [4.69, 9.17) is 11.6 Å². The second-order valence-electron chi connectivity index (χ2n) is 6.38. The molecule has 4 rings (SSSR count). The molecule has 0 spiro atoms. The third-order valence-corrected chi connectivity index (χ3v) is 5.06. The van der Waals surface area contributed by atoms with E-state index in [-0.39, 0.29) is 16.9 Å². The largest absolute Gasteiger partial charge is 0.334 e. The Morgan fingerprint density at radius 1 is 1.12 bits per heavy atom. The third-order valence-electron chi connectivity index (χ3n) is 4.71. The van der Waals surface area contributed by atoms with Crippen molar-refractivity contribution in [3.05, 3.63) is 81.9 Å². The summed E-state index contributed by atoms with van der Waals surface area (Å²) in [5.74, 6) is -0.465. The van der Waals surface area contributed by atoms with Crippen LogP contribution in [0, 0.1) is 12.7 Å². The zero-order valence-electron chi connectivity index (χ0n) is 14.2. The predicted molar refractivity (Wildman–Crippen MR) is 98.2 cm³/mol. The molecule has 1 aliphatic rings. The number of carbonyl (C=O) groups excluding carboxylic acids is 1. The zero-order valence-corrected chi connectivity index (χ0v) is 15.0. The van der Waals surface area contributed by atoms with E-state index in [2.05, 4.69) is 11.2 Å².